The average Bonchev–Trinajstić information content (AvgIpc) is 2.92. The Bertz CT molecular complexity index is 521. The SMILES string of the molecule is O=C(O)CN1C(=O)C2(OCCO2)c2ccccc21. The second-order valence-corrected chi connectivity index (χ2v) is 4.12. The number of benzene rings is 1. The molecule has 1 spiro atoms. The van der Waals surface area contributed by atoms with Crippen molar-refractivity contribution in [3.05, 3.63) is 29.8 Å². The molecule has 0 radical (unpaired) electrons. The number of aliphatic carboxylic acids is 1. The molecule has 6 heteroatoms. The Labute approximate surface area is 103 Å². The Morgan fingerprint density at radius 2 is 2.00 bits per heavy atom. The first-order valence-corrected chi connectivity index (χ1v) is 5.56. The normalized spacial score (nSPS) is 20.4. The van der Waals surface area contributed by atoms with Crippen molar-refractivity contribution in [1.29, 1.82) is 0 Å². The number of anilines is 1. The third-order valence-corrected chi connectivity index (χ3v) is 3.06. The highest BCUT2D eigenvalue weighted by Gasteiger charge is 2.56. The van der Waals surface area contributed by atoms with Crippen LogP contribution in [0, 0.1) is 0 Å². The monoisotopic (exact) mass is 249 g/mol. The van der Waals surface area contributed by atoms with Gasteiger partial charge in [-0.1, -0.05) is 18.2 Å². The van der Waals surface area contributed by atoms with Gasteiger partial charge >= 0.3 is 5.97 Å². The molecule has 3 rings (SSSR count). The molecule has 1 N–H and O–H groups in total. The molecule has 1 aromatic carbocycles. The zero-order chi connectivity index (χ0) is 12.8. The van der Waals surface area contributed by atoms with E-state index in [1.807, 2.05) is 0 Å². The predicted octanol–water partition coefficient (Wildman–Crippen LogP) is 0.317. The van der Waals surface area contributed by atoms with E-state index >= 15 is 0 Å². The lowest BCUT2D eigenvalue weighted by Crippen LogP contribution is -2.43. The lowest BCUT2D eigenvalue weighted by atomic mass is 10.1. The van der Waals surface area contributed by atoms with Crippen molar-refractivity contribution in [2.75, 3.05) is 24.7 Å². The van der Waals surface area contributed by atoms with Crippen LogP contribution in [-0.4, -0.2) is 36.7 Å². The number of nitrogens with zero attached hydrogens (tertiary/aromatic N) is 1. The highest BCUT2D eigenvalue weighted by molar-refractivity contribution is 6.08. The van der Waals surface area contributed by atoms with Crippen LogP contribution in [0.25, 0.3) is 0 Å². The summed E-state index contributed by atoms with van der Waals surface area (Å²) in [5.74, 6) is -2.98. The summed E-state index contributed by atoms with van der Waals surface area (Å²) >= 11 is 0. The molecule has 6 nitrogen and oxygen atoms in total. The van der Waals surface area contributed by atoms with Crippen molar-refractivity contribution < 1.29 is 24.2 Å². The fourth-order valence-electron chi connectivity index (χ4n) is 2.37. The molecule has 0 unspecified atom stereocenters. The average molecular weight is 249 g/mol. The van der Waals surface area contributed by atoms with Gasteiger partial charge in [-0.3, -0.25) is 14.5 Å². The fourth-order valence-corrected chi connectivity index (χ4v) is 2.37. The fraction of sp³-hybridized carbons (Fsp3) is 0.333. The molecule has 18 heavy (non-hydrogen) atoms. The molecule has 0 aromatic heterocycles. The molecule has 94 valence electrons. The van der Waals surface area contributed by atoms with Gasteiger partial charge in [0.05, 0.1) is 18.9 Å². The number of hydrogen-bond donors (Lipinski definition) is 1. The van der Waals surface area contributed by atoms with Crippen LogP contribution >= 0.6 is 0 Å². The number of carbonyl (C=O) groups is 2. The van der Waals surface area contributed by atoms with Crippen LogP contribution in [0.4, 0.5) is 5.69 Å². The van der Waals surface area contributed by atoms with Gasteiger partial charge in [0.15, 0.2) is 0 Å². The van der Waals surface area contributed by atoms with Gasteiger partial charge in [-0.15, -0.1) is 0 Å². The largest absolute Gasteiger partial charge is 0.480 e. The van der Waals surface area contributed by atoms with Gasteiger partial charge < -0.3 is 14.6 Å². The van der Waals surface area contributed by atoms with Crippen LogP contribution in [0.15, 0.2) is 24.3 Å². The van der Waals surface area contributed by atoms with E-state index in [-0.39, 0.29) is 0 Å². The van der Waals surface area contributed by atoms with Crippen molar-refractivity contribution >= 4 is 17.6 Å². The molecule has 0 aliphatic carbocycles. The third-order valence-electron chi connectivity index (χ3n) is 3.06. The molecule has 0 bridgehead atoms. The molecular weight excluding hydrogens is 238 g/mol. The standard InChI is InChI=1S/C12H11NO5/c14-10(15)7-13-9-4-2-1-3-8(9)12(11(13)16)17-5-6-18-12/h1-4H,5-7H2,(H,14,15). The van der Waals surface area contributed by atoms with Crippen LogP contribution in [0.5, 0.6) is 0 Å². The number of hydrogen-bond acceptors (Lipinski definition) is 4. The topological polar surface area (TPSA) is 76.1 Å². The number of rotatable bonds is 2. The van der Waals surface area contributed by atoms with Gasteiger partial charge in [0.2, 0.25) is 0 Å². The lowest BCUT2D eigenvalue weighted by molar-refractivity contribution is -0.181. The number of ether oxygens (including phenoxy) is 2. The minimum atomic E-state index is -1.44. The van der Waals surface area contributed by atoms with Gasteiger partial charge in [0.1, 0.15) is 6.54 Å². The van der Waals surface area contributed by atoms with Crippen LogP contribution in [0.2, 0.25) is 0 Å². The zero-order valence-corrected chi connectivity index (χ0v) is 9.46. The Hall–Kier alpha value is -1.92. The predicted molar refractivity (Wildman–Crippen MR) is 60.0 cm³/mol. The van der Waals surface area contributed by atoms with E-state index in [1.54, 1.807) is 24.3 Å². The van der Waals surface area contributed by atoms with Gasteiger partial charge in [-0.25, -0.2) is 0 Å². The minimum absolute atomic E-state index is 0.320. The van der Waals surface area contributed by atoms with Crippen LogP contribution in [-0.2, 0) is 24.8 Å². The number of carbonyl (C=O) groups excluding carboxylic acids is 1. The summed E-state index contributed by atoms with van der Waals surface area (Å²) in [7, 11) is 0. The summed E-state index contributed by atoms with van der Waals surface area (Å²) in [4.78, 5) is 24.4. The van der Waals surface area contributed by atoms with Gasteiger partial charge in [0, 0.05) is 5.56 Å². The van der Waals surface area contributed by atoms with E-state index in [2.05, 4.69) is 0 Å². The van der Waals surface area contributed by atoms with Crippen molar-refractivity contribution in [2.24, 2.45) is 0 Å². The van der Waals surface area contributed by atoms with E-state index in [4.69, 9.17) is 14.6 Å². The molecule has 2 aliphatic heterocycles. The molecule has 1 amide bonds. The quantitative estimate of drug-likeness (QED) is 0.816. The Kier molecular flexibility index (Phi) is 2.36. The van der Waals surface area contributed by atoms with Crippen molar-refractivity contribution in [3.63, 3.8) is 0 Å². The van der Waals surface area contributed by atoms with Crippen molar-refractivity contribution in [1.82, 2.24) is 0 Å². The molecule has 1 saturated heterocycles. The van der Waals surface area contributed by atoms with Crippen molar-refractivity contribution in [3.8, 4) is 0 Å². The van der Waals surface area contributed by atoms with E-state index in [1.165, 1.54) is 4.90 Å². The second kappa shape index (κ2) is 3.79. The van der Waals surface area contributed by atoms with E-state index in [0.717, 1.165) is 0 Å². The summed E-state index contributed by atoms with van der Waals surface area (Å²) in [6.45, 7) is 0.242. The maximum Gasteiger partial charge on any atom is 0.323 e. The summed E-state index contributed by atoms with van der Waals surface area (Å²) < 4.78 is 10.9. The number of amides is 1. The highest BCUT2D eigenvalue weighted by Crippen LogP contribution is 2.45. The molecular formula is C12H11NO5. The minimum Gasteiger partial charge on any atom is -0.480 e. The smallest absolute Gasteiger partial charge is 0.323 e. The Balaban J connectivity index is 2.11. The Morgan fingerprint density at radius 1 is 1.33 bits per heavy atom. The Morgan fingerprint density at radius 3 is 2.67 bits per heavy atom. The number of fused-ring (bicyclic) bond motifs is 2. The molecule has 1 fully saturated rings. The molecule has 1 aromatic rings. The van der Waals surface area contributed by atoms with Crippen LogP contribution in [0.1, 0.15) is 5.56 Å². The molecule has 2 aliphatic rings. The van der Waals surface area contributed by atoms with Crippen LogP contribution in [0.3, 0.4) is 0 Å². The molecule has 0 saturated carbocycles. The first-order chi connectivity index (χ1) is 8.65. The van der Waals surface area contributed by atoms with Crippen molar-refractivity contribution in [2.45, 2.75) is 5.79 Å². The first-order valence-electron chi connectivity index (χ1n) is 5.56. The molecule has 2 heterocycles. The molecule has 0 atom stereocenters. The van der Waals surface area contributed by atoms with E-state index in [0.29, 0.717) is 24.5 Å². The van der Waals surface area contributed by atoms with Crippen LogP contribution < -0.4 is 4.90 Å². The summed E-state index contributed by atoms with van der Waals surface area (Å²) in [5.41, 5.74) is 1.11. The van der Waals surface area contributed by atoms with Gasteiger partial charge in [-0.2, -0.15) is 0 Å². The second-order valence-electron chi connectivity index (χ2n) is 4.12. The summed E-state index contributed by atoms with van der Waals surface area (Å²) in [5, 5.41) is 8.87. The maximum absolute atomic E-state index is 12.3. The third kappa shape index (κ3) is 1.36. The van der Waals surface area contributed by atoms with Gasteiger partial charge in [-0.05, 0) is 6.07 Å². The number of carboxylic acid groups (broad SMARTS) is 1. The van der Waals surface area contributed by atoms with Gasteiger partial charge in [0.25, 0.3) is 11.7 Å². The van der Waals surface area contributed by atoms with E-state index in [9.17, 15) is 9.59 Å². The lowest BCUT2D eigenvalue weighted by Gasteiger charge is -2.21. The maximum atomic E-state index is 12.3. The first kappa shape index (κ1) is 11.2. The number of para-hydroxylation sites is 1. The number of carboxylic acids is 1. The summed E-state index contributed by atoms with van der Waals surface area (Å²) in [6, 6.07) is 6.93. The zero-order valence-electron chi connectivity index (χ0n) is 9.46. The highest BCUT2D eigenvalue weighted by atomic mass is 16.7. The van der Waals surface area contributed by atoms with E-state index < -0.39 is 24.2 Å². The summed E-state index contributed by atoms with van der Waals surface area (Å²) in [6.07, 6.45) is 0.